The number of benzene rings is 1. The van der Waals surface area contributed by atoms with Crippen LogP contribution in [-0.2, 0) is 11.0 Å². The van der Waals surface area contributed by atoms with E-state index in [9.17, 15) is 18.0 Å². The fourth-order valence-corrected chi connectivity index (χ4v) is 3.54. The summed E-state index contributed by atoms with van der Waals surface area (Å²) in [4.78, 5) is 20.8. The molecule has 1 aromatic carbocycles. The van der Waals surface area contributed by atoms with Crippen LogP contribution in [0.3, 0.4) is 0 Å². The van der Waals surface area contributed by atoms with Crippen LogP contribution in [0.1, 0.15) is 36.6 Å². The summed E-state index contributed by atoms with van der Waals surface area (Å²) in [6.07, 6.45) is -0.621. The van der Waals surface area contributed by atoms with Gasteiger partial charge in [-0.3, -0.25) is 4.79 Å². The highest BCUT2D eigenvalue weighted by Gasteiger charge is 2.31. The molecule has 1 saturated carbocycles. The van der Waals surface area contributed by atoms with Crippen molar-refractivity contribution in [2.45, 2.75) is 32.9 Å². The topological polar surface area (TPSA) is 76.1 Å². The highest BCUT2D eigenvalue weighted by Crippen LogP contribution is 2.32. The molecule has 2 heterocycles. The molecule has 0 saturated heterocycles. The van der Waals surface area contributed by atoms with Crippen LogP contribution in [0, 0.1) is 12.8 Å². The zero-order valence-corrected chi connectivity index (χ0v) is 18.9. The van der Waals surface area contributed by atoms with Crippen molar-refractivity contribution in [3.8, 4) is 5.88 Å². The summed E-state index contributed by atoms with van der Waals surface area (Å²) in [6, 6.07) is 10.3. The molecule has 0 spiro atoms. The lowest BCUT2D eigenvalue weighted by Crippen LogP contribution is -2.20. The summed E-state index contributed by atoms with van der Waals surface area (Å²) < 4.78 is 44.3. The second kappa shape index (κ2) is 9.70. The summed E-state index contributed by atoms with van der Waals surface area (Å²) in [5.41, 5.74) is 2.27. The van der Waals surface area contributed by atoms with Gasteiger partial charge in [-0.1, -0.05) is 6.08 Å². The predicted molar refractivity (Wildman–Crippen MR) is 124 cm³/mol. The highest BCUT2D eigenvalue weighted by molar-refractivity contribution is 5.93. The van der Waals surface area contributed by atoms with Crippen molar-refractivity contribution in [2.75, 3.05) is 18.5 Å². The van der Waals surface area contributed by atoms with E-state index >= 15 is 0 Å². The number of alkyl halides is 3. The van der Waals surface area contributed by atoms with Gasteiger partial charge in [-0.05, 0) is 63.1 Å². The summed E-state index contributed by atoms with van der Waals surface area (Å²) in [5.74, 6) is 0.960. The first-order chi connectivity index (χ1) is 16.2. The SMILES string of the molecule is C/C=C(\NCCOc1ccc2cc(C(F)(F)F)ccc2n1)c1cc(C)nc(NC(=O)C2CC2)c1. The van der Waals surface area contributed by atoms with Gasteiger partial charge in [0.25, 0.3) is 0 Å². The molecule has 4 rings (SSSR count). The summed E-state index contributed by atoms with van der Waals surface area (Å²) in [5, 5.41) is 6.58. The zero-order chi connectivity index (χ0) is 24.3. The van der Waals surface area contributed by atoms with E-state index in [1.165, 1.54) is 6.07 Å². The molecule has 3 aromatic rings. The summed E-state index contributed by atoms with van der Waals surface area (Å²) in [7, 11) is 0. The minimum Gasteiger partial charge on any atom is -0.476 e. The number of amides is 1. The smallest absolute Gasteiger partial charge is 0.416 e. The number of carbonyl (C=O) groups is 1. The molecule has 1 aliphatic rings. The number of aryl methyl sites for hydroxylation is 1. The molecule has 0 unspecified atom stereocenters. The van der Waals surface area contributed by atoms with Crippen molar-refractivity contribution in [3.63, 3.8) is 0 Å². The van der Waals surface area contributed by atoms with Crippen LogP contribution in [0.15, 0.2) is 48.5 Å². The van der Waals surface area contributed by atoms with E-state index in [2.05, 4.69) is 20.6 Å². The Morgan fingerprint density at radius 1 is 1.15 bits per heavy atom. The standard InChI is InChI=1S/C25H25F3N4O2/c1-3-20(18-12-15(2)30-22(14-18)32-24(33)16-4-5-16)29-10-11-34-23-9-6-17-13-19(25(26,27)28)7-8-21(17)31-23/h3,6-9,12-14,16,29H,4-5,10-11H2,1-2H3,(H,30,32,33)/b20-3-. The van der Waals surface area contributed by atoms with Gasteiger partial charge in [0.15, 0.2) is 0 Å². The minimum atomic E-state index is -4.39. The Hall–Kier alpha value is -3.62. The Morgan fingerprint density at radius 3 is 2.65 bits per heavy atom. The third-order valence-corrected chi connectivity index (χ3v) is 5.41. The Labute approximate surface area is 195 Å². The second-order valence-electron chi connectivity index (χ2n) is 8.18. The van der Waals surface area contributed by atoms with Gasteiger partial charge in [0, 0.05) is 40.9 Å². The molecule has 2 aromatic heterocycles. The van der Waals surface area contributed by atoms with Crippen LogP contribution in [-0.4, -0.2) is 29.0 Å². The van der Waals surface area contributed by atoms with Crippen molar-refractivity contribution in [3.05, 3.63) is 65.4 Å². The summed E-state index contributed by atoms with van der Waals surface area (Å²) in [6.45, 7) is 4.54. The van der Waals surface area contributed by atoms with E-state index < -0.39 is 11.7 Å². The molecule has 0 atom stereocenters. The fraction of sp³-hybridized carbons (Fsp3) is 0.320. The molecule has 1 amide bonds. The lowest BCUT2D eigenvalue weighted by atomic mass is 10.1. The van der Waals surface area contributed by atoms with Gasteiger partial charge < -0.3 is 15.4 Å². The lowest BCUT2D eigenvalue weighted by molar-refractivity contribution is -0.137. The Morgan fingerprint density at radius 2 is 1.94 bits per heavy atom. The first kappa shape index (κ1) is 23.5. The molecule has 0 aliphatic heterocycles. The molecule has 1 aliphatic carbocycles. The van der Waals surface area contributed by atoms with Crippen molar-refractivity contribution in [1.82, 2.24) is 15.3 Å². The van der Waals surface area contributed by atoms with Gasteiger partial charge in [0.05, 0.1) is 11.1 Å². The first-order valence-electron chi connectivity index (χ1n) is 11.0. The maximum atomic E-state index is 12.9. The van der Waals surface area contributed by atoms with Gasteiger partial charge in [-0.2, -0.15) is 13.2 Å². The average molecular weight is 470 g/mol. The van der Waals surface area contributed by atoms with E-state index in [4.69, 9.17) is 4.74 Å². The number of rotatable bonds is 8. The number of ether oxygens (including phenoxy) is 1. The zero-order valence-electron chi connectivity index (χ0n) is 18.9. The van der Waals surface area contributed by atoms with Crippen LogP contribution in [0.5, 0.6) is 5.88 Å². The number of anilines is 1. The first-order valence-corrected chi connectivity index (χ1v) is 11.0. The van der Waals surface area contributed by atoms with Crippen LogP contribution in [0.2, 0.25) is 0 Å². The molecule has 6 nitrogen and oxygen atoms in total. The van der Waals surface area contributed by atoms with Gasteiger partial charge in [-0.15, -0.1) is 0 Å². The van der Waals surface area contributed by atoms with Crippen LogP contribution in [0.25, 0.3) is 16.6 Å². The number of hydrogen-bond donors (Lipinski definition) is 2. The number of hydrogen-bond acceptors (Lipinski definition) is 5. The maximum absolute atomic E-state index is 12.9. The number of aromatic nitrogens is 2. The summed E-state index contributed by atoms with van der Waals surface area (Å²) >= 11 is 0. The predicted octanol–water partition coefficient (Wildman–Crippen LogP) is 5.33. The van der Waals surface area contributed by atoms with Crippen LogP contribution >= 0.6 is 0 Å². The van der Waals surface area contributed by atoms with Crippen molar-refractivity contribution >= 4 is 28.3 Å². The molecule has 1 fully saturated rings. The quantitative estimate of drug-likeness (QED) is 0.435. The van der Waals surface area contributed by atoms with Crippen molar-refractivity contribution < 1.29 is 22.7 Å². The number of allylic oxidation sites excluding steroid dienone is 1. The largest absolute Gasteiger partial charge is 0.476 e. The Balaban J connectivity index is 1.34. The van der Waals surface area contributed by atoms with E-state index in [0.29, 0.717) is 35.8 Å². The van der Waals surface area contributed by atoms with Crippen molar-refractivity contribution in [2.24, 2.45) is 5.92 Å². The van der Waals surface area contributed by atoms with E-state index in [1.54, 1.807) is 12.1 Å². The third kappa shape index (κ3) is 5.84. The Kier molecular flexibility index (Phi) is 6.72. The normalized spacial score (nSPS) is 14.2. The second-order valence-corrected chi connectivity index (χ2v) is 8.18. The number of halogens is 3. The van der Waals surface area contributed by atoms with Crippen LogP contribution < -0.4 is 15.4 Å². The molecule has 34 heavy (non-hydrogen) atoms. The fourth-order valence-electron chi connectivity index (χ4n) is 3.54. The van der Waals surface area contributed by atoms with Gasteiger partial charge in [0.1, 0.15) is 12.4 Å². The molecular formula is C25H25F3N4O2. The molecule has 2 N–H and O–H groups in total. The minimum absolute atomic E-state index is 0.00459. The molecule has 9 heteroatoms. The highest BCUT2D eigenvalue weighted by atomic mass is 19.4. The van der Waals surface area contributed by atoms with Gasteiger partial charge in [0.2, 0.25) is 11.8 Å². The van der Waals surface area contributed by atoms with E-state index in [0.717, 1.165) is 41.9 Å². The van der Waals surface area contributed by atoms with Gasteiger partial charge in [-0.25, -0.2) is 9.97 Å². The number of nitrogens with zero attached hydrogens (tertiary/aromatic N) is 2. The Bertz CT molecular complexity index is 1240. The van der Waals surface area contributed by atoms with Crippen LogP contribution in [0.4, 0.5) is 19.0 Å². The number of fused-ring (bicyclic) bond motifs is 1. The number of pyridine rings is 2. The lowest BCUT2D eigenvalue weighted by Gasteiger charge is -2.14. The van der Waals surface area contributed by atoms with Gasteiger partial charge >= 0.3 is 6.18 Å². The molecular weight excluding hydrogens is 445 g/mol. The number of carbonyl (C=O) groups excluding carboxylic acids is 1. The molecule has 0 radical (unpaired) electrons. The number of nitrogens with one attached hydrogen (secondary N) is 2. The molecule has 178 valence electrons. The molecule has 0 bridgehead atoms. The monoisotopic (exact) mass is 470 g/mol. The average Bonchev–Trinajstić information content (AvgIpc) is 3.63. The van der Waals surface area contributed by atoms with Crippen molar-refractivity contribution in [1.29, 1.82) is 0 Å². The maximum Gasteiger partial charge on any atom is 0.416 e. The van der Waals surface area contributed by atoms with E-state index in [-0.39, 0.29) is 11.8 Å². The van der Waals surface area contributed by atoms with E-state index in [1.807, 2.05) is 32.1 Å². The third-order valence-electron chi connectivity index (χ3n) is 5.41.